The van der Waals surface area contributed by atoms with Gasteiger partial charge >= 0.3 is 0 Å². The van der Waals surface area contributed by atoms with Crippen LogP contribution in [0.2, 0.25) is 5.02 Å². The lowest BCUT2D eigenvalue weighted by molar-refractivity contribution is -0.116. The Hall–Kier alpha value is -2.58. The number of benzene rings is 2. The first kappa shape index (κ1) is 16.9. The molecule has 1 fully saturated rings. The van der Waals surface area contributed by atoms with Gasteiger partial charge in [0.2, 0.25) is 11.1 Å². The van der Waals surface area contributed by atoms with Crippen LogP contribution in [0.3, 0.4) is 0 Å². The van der Waals surface area contributed by atoms with E-state index in [4.69, 9.17) is 11.6 Å². The van der Waals surface area contributed by atoms with Crippen LogP contribution in [-0.4, -0.2) is 43.0 Å². The van der Waals surface area contributed by atoms with Crippen LogP contribution in [-0.2, 0) is 4.79 Å². The van der Waals surface area contributed by atoms with E-state index in [0.717, 1.165) is 5.69 Å². The summed E-state index contributed by atoms with van der Waals surface area (Å²) in [6.07, 6.45) is 0.678. The molecule has 26 heavy (non-hydrogen) atoms. The van der Waals surface area contributed by atoms with Gasteiger partial charge < -0.3 is 10.0 Å². The largest absolute Gasteiger partial charge is 0.508 e. The molecule has 0 spiro atoms. The number of tetrazole rings is 1. The molecule has 4 rings (SSSR count). The maximum Gasteiger partial charge on any atom is 0.240 e. The summed E-state index contributed by atoms with van der Waals surface area (Å²) in [7, 11) is 0. The Morgan fingerprint density at radius 2 is 1.92 bits per heavy atom. The summed E-state index contributed by atoms with van der Waals surface area (Å²) in [6, 6.07) is 13.9. The Morgan fingerprint density at radius 1 is 1.15 bits per heavy atom. The molecular formula is C17H14ClN5O2S. The molecule has 0 saturated carbocycles. The first-order valence-electron chi connectivity index (χ1n) is 7.94. The van der Waals surface area contributed by atoms with E-state index in [2.05, 4.69) is 15.5 Å². The molecule has 1 aliphatic heterocycles. The summed E-state index contributed by atoms with van der Waals surface area (Å²) in [4.78, 5) is 14.5. The van der Waals surface area contributed by atoms with Gasteiger partial charge in [0, 0.05) is 6.54 Å². The third kappa shape index (κ3) is 3.13. The summed E-state index contributed by atoms with van der Waals surface area (Å²) in [6.45, 7) is 0.598. The zero-order chi connectivity index (χ0) is 18.1. The second-order valence-electron chi connectivity index (χ2n) is 5.73. The van der Waals surface area contributed by atoms with Crippen molar-refractivity contribution in [1.29, 1.82) is 0 Å². The highest BCUT2D eigenvalue weighted by molar-refractivity contribution is 8.00. The van der Waals surface area contributed by atoms with Gasteiger partial charge in [-0.3, -0.25) is 4.79 Å². The van der Waals surface area contributed by atoms with Crippen molar-refractivity contribution in [2.24, 2.45) is 0 Å². The second kappa shape index (κ2) is 6.97. The first-order chi connectivity index (χ1) is 12.6. The topological polar surface area (TPSA) is 84.1 Å². The number of aromatic hydroxyl groups is 1. The number of carbonyl (C=O) groups excluding carboxylic acids is 1. The van der Waals surface area contributed by atoms with Gasteiger partial charge in [-0.15, -0.1) is 5.10 Å². The Kier molecular flexibility index (Phi) is 4.52. The number of carbonyl (C=O) groups is 1. The number of phenolic OH excluding ortho intramolecular Hbond substituents is 1. The van der Waals surface area contributed by atoms with Crippen molar-refractivity contribution in [3.63, 3.8) is 0 Å². The van der Waals surface area contributed by atoms with Crippen molar-refractivity contribution < 1.29 is 9.90 Å². The SMILES string of the molecule is O=C1C(Sc2nnnn2-c2ccc(O)cc2)CCN1c1ccccc1Cl. The molecule has 132 valence electrons. The van der Waals surface area contributed by atoms with Gasteiger partial charge in [-0.1, -0.05) is 35.5 Å². The quantitative estimate of drug-likeness (QED) is 0.741. The van der Waals surface area contributed by atoms with Crippen molar-refractivity contribution >= 4 is 35.0 Å². The van der Waals surface area contributed by atoms with Gasteiger partial charge in [-0.05, 0) is 53.2 Å². The number of aromatic nitrogens is 4. The number of para-hydroxylation sites is 1. The smallest absolute Gasteiger partial charge is 0.240 e. The first-order valence-corrected chi connectivity index (χ1v) is 9.19. The second-order valence-corrected chi connectivity index (χ2v) is 7.30. The van der Waals surface area contributed by atoms with Crippen LogP contribution >= 0.6 is 23.4 Å². The number of hydrogen-bond donors (Lipinski definition) is 1. The van der Waals surface area contributed by atoms with E-state index in [1.807, 2.05) is 18.2 Å². The van der Waals surface area contributed by atoms with Gasteiger partial charge in [0.25, 0.3) is 0 Å². The van der Waals surface area contributed by atoms with Crippen LogP contribution in [0, 0.1) is 0 Å². The molecule has 1 aromatic heterocycles. The minimum absolute atomic E-state index is 0.0108. The average molecular weight is 388 g/mol. The van der Waals surface area contributed by atoms with Crippen molar-refractivity contribution in [3.05, 3.63) is 53.6 Å². The highest BCUT2D eigenvalue weighted by Crippen LogP contribution is 2.35. The number of phenols is 1. The van der Waals surface area contributed by atoms with E-state index in [0.29, 0.717) is 28.8 Å². The molecule has 2 heterocycles. The molecule has 1 saturated heterocycles. The minimum atomic E-state index is -0.284. The number of anilines is 1. The molecule has 0 aliphatic carbocycles. The molecule has 0 bridgehead atoms. The maximum atomic E-state index is 12.8. The zero-order valence-corrected chi connectivity index (χ0v) is 15.1. The lowest BCUT2D eigenvalue weighted by atomic mass is 10.3. The van der Waals surface area contributed by atoms with Crippen LogP contribution < -0.4 is 4.90 Å². The standard InChI is InChI=1S/C17H14ClN5O2S/c18-13-3-1-2-4-14(13)22-10-9-15(16(22)25)26-17-19-20-21-23(17)11-5-7-12(24)8-6-11/h1-8,15,24H,9-10H2. The van der Waals surface area contributed by atoms with Gasteiger partial charge in [0.05, 0.1) is 21.6 Å². The summed E-state index contributed by atoms with van der Waals surface area (Å²) in [5.41, 5.74) is 1.43. The highest BCUT2D eigenvalue weighted by Gasteiger charge is 2.35. The van der Waals surface area contributed by atoms with Crippen molar-refractivity contribution in [3.8, 4) is 11.4 Å². The van der Waals surface area contributed by atoms with E-state index in [1.54, 1.807) is 39.9 Å². The van der Waals surface area contributed by atoms with Crippen molar-refractivity contribution in [2.75, 3.05) is 11.4 Å². The highest BCUT2D eigenvalue weighted by atomic mass is 35.5. The third-order valence-electron chi connectivity index (χ3n) is 4.08. The van der Waals surface area contributed by atoms with E-state index in [-0.39, 0.29) is 16.9 Å². The zero-order valence-electron chi connectivity index (χ0n) is 13.5. The molecule has 1 unspecified atom stereocenters. The van der Waals surface area contributed by atoms with E-state index < -0.39 is 0 Å². The molecule has 0 radical (unpaired) electrons. The molecular weight excluding hydrogens is 374 g/mol. The maximum absolute atomic E-state index is 12.8. The molecule has 3 aromatic rings. The van der Waals surface area contributed by atoms with Gasteiger partial charge in [0.15, 0.2) is 0 Å². The molecule has 1 aliphatic rings. The molecule has 2 aromatic carbocycles. The van der Waals surface area contributed by atoms with Crippen LogP contribution in [0.25, 0.3) is 5.69 Å². The van der Waals surface area contributed by atoms with Gasteiger partial charge in [-0.25, -0.2) is 0 Å². The molecule has 1 amide bonds. The summed E-state index contributed by atoms with van der Waals surface area (Å²) in [5, 5.41) is 21.9. The number of hydrogen-bond acceptors (Lipinski definition) is 6. The van der Waals surface area contributed by atoms with E-state index in [9.17, 15) is 9.90 Å². The predicted molar refractivity (Wildman–Crippen MR) is 98.9 cm³/mol. The lowest BCUT2D eigenvalue weighted by Gasteiger charge is -2.17. The van der Waals surface area contributed by atoms with Crippen LogP contribution in [0.5, 0.6) is 5.75 Å². The number of amides is 1. The monoisotopic (exact) mass is 387 g/mol. The fourth-order valence-electron chi connectivity index (χ4n) is 2.81. The number of rotatable bonds is 4. The van der Waals surface area contributed by atoms with Gasteiger partial charge in [-0.2, -0.15) is 4.68 Å². The van der Waals surface area contributed by atoms with Crippen LogP contribution in [0.15, 0.2) is 53.7 Å². The number of halogens is 1. The summed E-state index contributed by atoms with van der Waals surface area (Å²) >= 11 is 7.55. The number of nitrogens with zero attached hydrogens (tertiary/aromatic N) is 5. The molecule has 7 nitrogen and oxygen atoms in total. The fourth-order valence-corrected chi connectivity index (χ4v) is 4.08. The van der Waals surface area contributed by atoms with E-state index in [1.165, 1.54) is 11.8 Å². The van der Waals surface area contributed by atoms with E-state index >= 15 is 0 Å². The van der Waals surface area contributed by atoms with Gasteiger partial charge in [0.1, 0.15) is 5.75 Å². The molecule has 1 N–H and O–H groups in total. The molecule has 1 atom stereocenters. The Labute approximate surface area is 158 Å². The summed E-state index contributed by atoms with van der Waals surface area (Å²) < 4.78 is 1.55. The average Bonchev–Trinajstić information content (AvgIpc) is 3.24. The Balaban J connectivity index is 1.54. The third-order valence-corrected chi connectivity index (χ3v) is 5.59. The predicted octanol–water partition coefficient (Wildman–Crippen LogP) is 2.92. The summed E-state index contributed by atoms with van der Waals surface area (Å²) in [5.74, 6) is 0.153. The lowest BCUT2D eigenvalue weighted by Crippen LogP contribution is -2.28. The number of thioether (sulfide) groups is 1. The molecule has 9 heteroatoms. The van der Waals surface area contributed by atoms with Crippen molar-refractivity contribution in [2.45, 2.75) is 16.8 Å². The fraction of sp³-hybridized carbons (Fsp3) is 0.176. The van der Waals surface area contributed by atoms with Crippen molar-refractivity contribution in [1.82, 2.24) is 20.2 Å². The normalized spacial score (nSPS) is 17.0. The Bertz CT molecular complexity index is 946. The van der Waals surface area contributed by atoms with Crippen LogP contribution in [0.4, 0.5) is 5.69 Å². The van der Waals surface area contributed by atoms with Crippen LogP contribution in [0.1, 0.15) is 6.42 Å². The Morgan fingerprint density at radius 3 is 2.69 bits per heavy atom. The minimum Gasteiger partial charge on any atom is -0.508 e.